The van der Waals surface area contributed by atoms with Gasteiger partial charge in [0.25, 0.3) is 0 Å². The quantitative estimate of drug-likeness (QED) is 0.600. The van der Waals surface area contributed by atoms with Gasteiger partial charge in [-0.25, -0.2) is 0 Å². The zero-order chi connectivity index (χ0) is 13.4. The van der Waals surface area contributed by atoms with Crippen molar-refractivity contribution in [2.75, 3.05) is 0 Å². The SMILES string of the molecule is Cc1ccc(-c2cc(C)nc3cc(C)ccc23)cc1. The Kier molecular flexibility index (Phi) is 2.83. The first-order valence-electron chi connectivity index (χ1n) is 6.58. The van der Waals surface area contributed by atoms with Crippen molar-refractivity contribution in [1.29, 1.82) is 0 Å². The lowest BCUT2D eigenvalue weighted by Gasteiger charge is -2.09. The second-order valence-corrected chi connectivity index (χ2v) is 5.20. The van der Waals surface area contributed by atoms with Crippen LogP contribution in [-0.4, -0.2) is 4.98 Å². The number of benzene rings is 2. The molecule has 1 heterocycles. The van der Waals surface area contributed by atoms with Gasteiger partial charge >= 0.3 is 0 Å². The summed E-state index contributed by atoms with van der Waals surface area (Å²) in [6.07, 6.45) is 0. The van der Waals surface area contributed by atoms with Crippen molar-refractivity contribution in [1.82, 2.24) is 4.98 Å². The lowest BCUT2D eigenvalue weighted by Crippen LogP contribution is -1.89. The Bertz CT molecular complexity index is 734. The van der Waals surface area contributed by atoms with Gasteiger partial charge in [-0.05, 0) is 49.6 Å². The zero-order valence-electron chi connectivity index (χ0n) is 11.6. The van der Waals surface area contributed by atoms with Crippen molar-refractivity contribution in [3.8, 4) is 11.1 Å². The Morgan fingerprint density at radius 1 is 0.737 bits per heavy atom. The van der Waals surface area contributed by atoms with Crippen molar-refractivity contribution < 1.29 is 0 Å². The fourth-order valence-electron chi connectivity index (χ4n) is 2.44. The molecule has 19 heavy (non-hydrogen) atoms. The molecule has 0 bridgehead atoms. The van der Waals surface area contributed by atoms with Gasteiger partial charge in [-0.2, -0.15) is 0 Å². The van der Waals surface area contributed by atoms with E-state index in [4.69, 9.17) is 0 Å². The summed E-state index contributed by atoms with van der Waals surface area (Å²) >= 11 is 0. The first-order valence-corrected chi connectivity index (χ1v) is 6.58. The van der Waals surface area contributed by atoms with E-state index in [1.165, 1.54) is 27.6 Å². The summed E-state index contributed by atoms with van der Waals surface area (Å²) in [7, 11) is 0. The van der Waals surface area contributed by atoms with Gasteiger partial charge in [0, 0.05) is 11.1 Å². The molecule has 3 aromatic rings. The first kappa shape index (κ1) is 11.9. The number of hydrogen-bond acceptors (Lipinski definition) is 1. The molecule has 0 saturated carbocycles. The molecule has 2 aromatic carbocycles. The summed E-state index contributed by atoms with van der Waals surface area (Å²) in [4.78, 5) is 4.64. The van der Waals surface area contributed by atoms with Gasteiger partial charge < -0.3 is 0 Å². The number of aromatic nitrogens is 1. The molecule has 0 fully saturated rings. The van der Waals surface area contributed by atoms with E-state index < -0.39 is 0 Å². The van der Waals surface area contributed by atoms with Crippen LogP contribution in [0.5, 0.6) is 0 Å². The molecule has 1 heteroatoms. The van der Waals surface area contributed by atoms with E-state index >= 15 is 0 Å². The Balaban J connectivity index is 2.30. The van der Waals surface area contributed by atoms with Gasteiger partial charge in [0.1, 0.15) is 0 Å². The predicted molar refractivity (Wildman–Crippen MR) is 81.4 cm³/mol. The van der Waals surface area contributed by atoms with E-state index in [1.807, 2.05) is 0 Å². The molecular formula is C18H17N. The second kappa shape index (κ2) is 4.51. The maximum absolute atomic E-state index is 4.64. The van der Waals surface area contributed by atoms with Crippen LogP contribution < -0.4 is 0 Å². The van der Waals surface area contributed by atoms with Crippen molar-refractivity contribution in [3.63, 3.8) is 0 Å². The van der Waals surface area contributed by atoms with Gasteiger partial charge in [-0.3, -0.25) is 4.98 Å². The lowest BCUT2D eigenvalue weighted by atomic mass is 9.98. The van der Waals surface area contributed by atoms with Gasteiger partial charge in [0.05, 0.1) is 5.52 Å². The molecule has 1 nitrogen and oxygen atoms in total. The first-order chi connectivity index (χ1) is 9.13. The monoisotopic (exact) mass is 247 g/mol. The second-order valence-electron chi connectivity index (χ2n) is 5.20. The highest BCUT2D eigenvalue weighted by Crippen LogP contribution is 2.29. The minimum Gasteiger partial charge on any atom is -0.253 e. The van der Waals surface area contributed by atoms with Crippen molar-refractivity contribution in [2.45, 2.75) is 20.8 Å². The largest absolute Gasteiger partial charge is 0.253 e. The van der Waals surface area contributed by atoms with Crippen LogP contribution in [0, 0.1) is 20.8 Å². The fourth-order valence-corrected chi connectivity index (χ4v) is 2.44. The summed E-state index contributed by atoms with van der Waals surface area (Å²) in [6.45, 7) is 6.28. The molecule has 0 unspecified atom stereocenters. The summed E-state index contributed by atoms with van der Waals surface area (Å²) in [5, 5.41) is 1.22. The van der Waals surface area contributed by atoms with E-state index in [0.29, 0.717) is 0 Å². The van der Waals surface area contributed by atoms with E-state index in [2.05, 4.69) is 74.3 Å². The van der Waals surface area contributed by atoms with E-state index in [9.17, 15) is 0 Å². The number of fused-ring (bicyclic) bond motifs is 1. The Hall–Kier alpha value is -2.15. The standard InChI is InChI=1S/C18H17N/c1-12-4-7-15(8-5-12)17-11-14(3)19-18-10-13(2)6-9-16(17)18/h4-11H,1-3H3. The average molecular weight is 247 g/mol. The Morgan fingerprint density at radius 2 is 1.42 bits per heavy atom. The summed E-state index contributed by atoms with van der Waals surface area (Å²) < 4.78 is 0. The van der Waals surface area contributed by atoms with Gasteiger partial charge in [-0.15, -0.1) is 0 Å². The molecule has 0 aliphatic rings. The molecule has 0 saturated heterocycles. The summed E-state index contributed by atoms with van der Waals surface area (Å²) in [5.74, 6) is 0. The highest BCUT2D eigenvalue weighted by molar-refractivity contribution is 5.95. The molecule has 0 aliphatic heterocycles. The number of pyridine rings is 1. The van der Waals surface area contributed by atoms with Crippen LogP contribution in [0.1, 0.15) is 16.8 Å². The number of hydrogen-bond donors (Lipinski definition) is 0. The molecule has 0 radical (unpaired) electrons. The van der Waals surface area contributed by atoms with E-state index in [1.54, 1.807) is 0 Å². The summed E-state index contributed by atoms with van der Waals surface area (Å²) in [6, 6.07) is 17.3. The number of aryl methyl sites for hydroxylation is 3. The number of nitrogens with zero attached hydrogens (tertiary/aromatic N) is 1. The van der Waals surface area contributed by atoms with Gasteiger partial charge in [0.15, 0.2) is 0 Å². The normalized spacial score (nSPS) is 10.9. The predicted octanol–water partition coefficient (Wildman–Crippen LogP) is 4.83. The van der Waals surface area contributed by atoms with Gasteiger partial charge in [-0.1, -0.05) is 42.0 Å². The molecule has 0 amide bonds. The van der Waals surface area contributed by atoms with E-state index in [0.717, 1.165) is 11.2 Å². The molecule has 3 rings (SSSR count). The smallest absolute Gasteiger partial charge is 0.0714 e. The molecule has 0 aliphatic carbocycles. The zero-order valence-corrected chi connectivity index (χ0v) is 11.6. The highest BCUT2D eigenvalue weighted by Gasteiger charge is 2.06. The third kappa shape index (κ3) is 2.24. The molecule has 0 N–H and O–H groups in total. The van der Waals surface area contributed by atoms with Crippen molar-refractivity contribution >= 4 is 10.9 Å². The molecule has 94 valence electrons. The summed E-state index contributed by atoms with van der Waals surface area (Å²) in [5.41, 5.74) is 7.20. The van der Waals surface area contributed by atoms with Crippen molar-refractivity contribution in [3.05, 3.63) is 65.4 Å². The lowest BCUT2D eigenvalue weighted by molar-refractivity contribution is 1.25. The van der Waals surface area contributed by atoms with E-state index in [-0.39, 0.29) is 0 Å². The van der Waals surface area contributed by atoms with Crippen LogP contribution in [0.15, 0.2) is 48.5 Å². The van der Waals surface area contributed by atoms with Crippen LogP contribution in [0.3, 0.4) is 0 Å². The Morgan fingerprint density at radius 3 is 2.16 bits per heavy atom. The fraction of sp³-hybridized carbons (Fsp3) is 0.167. The molecular weight excluding hydrogens is 230 g/mol. The maximum atomic E-state index is 4.64. The minimum atomic E-state index is 1.06. The Labute approximate surface area is 113 Å². The minimum absolute atomic E-state index is 1.06. The highest BCUT2D eigenvalue weighted by atomic mass is 14.7. The van der Waals surface area contributed by atoms with Crippen LogP contribution >= 0.6 is 0 Å². The van der Waals surface area contributed by atoms with Crippen LogP contribution in [0.4, 0.5) is 0 Å². The van der Waals surface area contributed by atoms with Crippen LogP contribution in [0.2, 0.25) is 0 Å². The third-order valence-electron chi connectivity index (χ3n) is 3.46. The van der Waals surface area contributed by atoms with Crippen molar-refractivity contribution in [2.24, 2.45) is 0 Å². The van der Waals surface area contributed by atoms with Crippen LogP contribution in [-0.2, 0) is 0 Å². The third-order valence-corrected chi connectivity index (χ3v) is 3.46. The molecule has 0 atom stereocenters. The maximum Gasteiger partial charge on any atom is 0.0714 e. The number of rotatable bonds is 1. The average Bonchev–Trinajstić information content (AvgIpc) is 2.38. The topological polar surface area (TPSA) is 12.9 Å². The molecule has 0 spiro atoms. The molecule has 1 aromatic heterocycles. The van der Waals surface area contributed by atoms with Crippen LogP contribution in [0.25, 0.3) is 22.0 Å². The van der Waals surface area contributed by atoms with Gasteiger partial charge in [0.2, 0.25) is 0 Å².